The third-order valence-electron chi connectivity index (χ3n) is 3.87. The highest BCUT2D eigenvalue weighted by Gasteiger charge is 2.17. The number of rotatable bonds is 4. The third-order valence-corrected chi connectivity index (χ3v) is 4.10. The van der Waals surface area contributed by atoms with Gasteiger partial charge in [-0.3, -0.25) is 0 Å². The fraction of sp³-hybridized carbons (Fsp3) is 0.375. The summed E-state index contributed by atoms with van der Waals surface area (Å²) in [5, 5.41) is 3.89. The highest BCUT2D eigenvalue weighted by atomic mass is 35.5. The van der Waals surface area contributed by atoms with Crippen LogP contribution < -0.4 is 10.2 Å². The van der Waals surface area contributed by atoms with Crippen molar-refractivity contribution in [1.82, 2.24) is 14.9 Å². The van der Waals surface area contributed by atoms with Crippen LogP contribution in [0, 0.1) is 0 Å². The van der Waals surface area contributed by atoms with Crippen molar-refractivity contribution in [3.63, 3.8) is 0 Å². The predicted octanol–water partition coefficient (Wildman–Crippen LogP) is 3.02. The Labute approximate surface area is 135 Å². The van der Waals surface area contributed by atoms with Crippen molar-refractivity contribution in [2.75, 3.05) is 42.9 Å². The van der Waals surface area contributed by atoms with Gasteiger partial charge in [-0.1, -0.05) is 24.6 Å². The van der Waals surface area contributed by atoms with Gasteiger partial charge in [0.25, 0.3) is 0 Å². The maximum atomic E-state index is 6.00. The first kappa shape index (κ1) is 15.1. The third kappa shape index (κ3) is 3.67. The summed E-state index contributed by atoms with van der Waals surface area (Å²) in [5.74, 6) is 1.56. The van der Waals surface area contributed by atoms with Gasteiger partial charge in [-0.25, -0.2) is 4.98 Å². The van der Waals surface area contributed by atoms with Crippen molar-refractivity contribution in [2.24, 2.45) is 0 Å². The molecule has 0 saturated carbocycles. The summed E-state index contributed by atoms with van der Waals surface area (Å²) in [7, 11) is 0. The first-order chi connectivity index (χ1) is 10.7. The number of likely N-dealkylation sites (N-methyl/N-ethyl adjacent to an activating group) is 1. The Morgan fingerprint density at radius 3 is 2.73 bits per heavy atom. The molecule has 1 aliphatic rings. The molecule has 1 aromatic heterocycles. The molecule has 0 spiro atoms. The predicted molar refractivity (Wildman–Crippen MR) is 91.1 cm³/mol. The van der Waals surface area contributed by atoms with Crippen LogP contribution >= 0.6 is 11.6 Å². The van der Waals surface area contributed by atoms with Gasteiger partial charge in [0, 0.05) is 43.1 Å². The van der Waals surface area contributed by atoms with Crippen LogP contribution in [0.2, 0.25) is 5.02 Å². The van der Waals surface area contributed by atoms with Crippen LogP contribution in [0.25, 0.3) is 0 Å². The molecule has 1 aliphatic heterocycles. The van der Waals surface area contributed by atoms with Crippen LogP contribution in [-0.4, -0.2) is 47.6 Å². The number of nitrogens with one attached hydrogen (secondary N) is 1. The van der Waals surface area contributed by atoms with E-state index in [2.05, 4.69) is 32.0 Å². The van der Waals surface area contributed by atoms with E-state index in [1.54, 1.807) is 6.20 Å². The van der Waals surface area contributed by atoms with E-state index in [4.69, 9.17) is 11.6 Å². The second-order valence-electron chi connectivity index (χ2n) is 5.30. The number of aromatic nitrogens is 2. The van der Waals surface area contributed by atoms with Gasteiger partial charge in [0.1, 0.15) is 5.82 Å². The molecule has 1 N–H and O–H groups in total. The zero-order valence-electron chi connectivity index (χ0n) is 12.7. The van der Waals surface area contributed by atoms with Gasteiger partial charge >= 0.3 is 0 Å². The van der Waals surface area contributed by atoms with E-state index in [0.29, 0.717) is 11.0 Å². The van der Waals surface area contributed by atoms with Gasteiger partial charge in [0.2, 0.25) is 5.95 Å². The minimum atomic E-state index is 0.595. The molecule has 2 aromatic rings. The molecular weight excluding hydrogens is 298 g/mol. The van der Waals surface area contributed by atoms with E-state index in [0.717, 1.165) is 44.2 Å². The van der Waals surface area contributed by atoms with Crippen molar-refractivity contribution >= 4 is 29.1 Å². The molecular formula is C16H20ClN5. The molecule has 6 heteroatoms. The molecule has 116 valence electrons. The minimum Gasteiger partial charge on any atom is -0.354 e. The number of piperazine rings is 1. The first-order valence-electron chi connectivity index (χ1n) is 7.57. The second-order valence-corrected chi connectivity index (χ2v) is 5.73. The number of hydrogen-bond acceptors (Lipinski definition) is 5. The Hall–Kier alpha value is -1.85. The average molecular weight is 318 g/mol. The summed E-state index contributed by atoms with van der Waals surface area (Å²) in [6.07, 6.45) is 1.79. The first-order valence-corrected chi connectivity index (χ1v) is 7.95. The maximum absolute atomic E-state index is 6.00. The van der Waals surface area contributed by atoms with Crippen LogP contribution in [-0.2, 0) is 0 Å². The van der Waals surface area contributed by atoms with E-state index >= 15 is 0 Å². The van der Waals surface area contributed by atoms with Crippen molar-refractivity contribution in [3.05, 3.63) is 41.6 Å². The molecule has 1 aromatic carbocycles. The second kappa shape index (κ2) is 6.94. The van der Waals surface area contributed by atoms with Crippen molar-refractivity contribution < 1.29 is 0 Å². The van der Waals surface area contributed by atoms with E-state index in [1.807, 2.05) is 30.3 Å². The molecule has 0 bridgehead atoms. The van der Waals surface area contributed by atoms with Gasteiger partial charge in [0.05, 0.1) is 0 Å². The van der Waals surface area contributed by atoms with E-state index in [9.17, 15) is 0 Å². The van der Waals surface area contributed by atoms with Gasteiger partial charge in [0.15, 0.2) is 0 Å². The summed E-state index contributed by atoms with van der Waals surface area (Å²) >= 11 is 6.00. The Morgan fingerprint density at radius 2 is 2.00 bits per heavy atom. The standard InChI is InChI=1S/C16H20ClN5/c1-2-21-8-10-22(11-9-21)15-6-7-18-16(20-15)19-14-5-3-4-13(17)12-14/h3-7,12H,2,8-11H2,1H3,(H,18,19,20). The zero-order valence-corrected chi connectivity index (χ0v) is 13.4. The fourth-order valence-electron chi connectivity index (χ4n) is 2.57. The SMILES string of the molecule is CCN1CCN(c2ccnc(Nc3cccc(Cl)c3)n2)CC1. The number of benzene rings is 1. The molecule has 22 heavy (non-hydrogen) atoms. The molecule has 0 amide bonds. The summed E-state index contributed by atoms with van der Waals surface area (Å²) < 4.78 is 0. The minimum absolute atomic E-state index is 0.595. The number of halogens is 1. The molecule has 0 radical (unpaired) electrons. The van der Waals surface area contributed by atoms with Gasteiger partial charge in [-0.05, 0) is 30.8 Å². The zero-order chi connectivity index (χ0) is 15.4. The molecule has 5 nitrogen and oxygen atoms in total. The van der Waals surface area contributed by atoms with Crippen molar-refractivity contribution in [2.45, 2.75) is 6.92 Å². The Balaban J connectivity index is 1.70. The van der Waals surface area contributed by atoms with Crippen molar-refractivity contribution in [3.8, 4) is 0 Å². The Bertz CT molecular complexity index is 625. The average Bonchev–Trinajstić information content (AvgIpc) is 2.55. The lowest BCUT2D eigenvalue weighted by Gasteiger charge is -2.34. The van der Waals surface area contributed by atoms with Gasteiger partial charge < -0.3 is 15.1 Å². The summed E-state index contributed by atoms with van der Waals surface area (Å²) in [6, 6.07) is 9.51. The van der Waals surface area contributed by atoms with E-state index < -0.39 is 0 Å². The molecule has 3 rings (SSSR count). The van der Waals surface area contributed by atoms with Crippen LogP contribution in [0.1, 0.15) is 6.92 Å². The molecule has 0 aliphatic carbocycles. The van der Waals surface area contributed by atoms with E-state index in [-0.39, 0.29) is 0 Å². The highest BCUT2D eigenvalue weighted by Crippen LogP contribution is 2.20. The molecule has 0 unspecified atom stereocenters. The van der Waals surface area contributed by atoms with Gasteiger partial charge in [-0.15, -0.1) is 0 Å². The Morgan fingerprint density at radius 1 is 1.18 bits per heavy atom. The summed E-state index contributed by atoms with van der Waals surface area (Å²) in [5.41, 5.74) is 0.889. The topological polar surface area (TPSA) is 44.3 Å². The normalized spacial score (nSPS) is 15.8. The largest absolute Gasteiger partial charge is 0.354 e. The number of hydrogen-bond donors (Lipinski definition) is 1. The van der Waals surface area contributed by atoms with Crippen LogP contribution in [0.4, 0.5) is 17.5 Å². The smallest absolute Gasteiger partial charge is 0.229 e. The quantitative estimate of drug-likeness (QED) is 0.939. The molecule has 1 saturated heterocycles. The number of anilines is 3. The van der Waals surface area contributed by atoms with Gasteiger partial charge in [-0.2, -0.15) is 4.98 Å². The summed E-state index contributed by atoms with van der Waals surface area (Å²) in [6.45, 7) is 7.48. The molecule has 0 atom stereocenters. The van der Waals surface area contributed by atoms with Crippen LogP contribution in [0.15, 0.2) is 36.5 Å². The van der Waals surface area contributed by atoms with Crippen LogP contribution in [0.3, 0.4) is 0 Å². The maximum Gasteiger partial charge on any atom is 0.229 e. The monoisotopic (exact) mass is 317 g/mol. The Kier molecular flexibility index (Phi) is 4.75. The molecule has 2 heterocycles. The lowest BCUT2D eigenvalue weighted by Crippen LogP contribution is -2.46. The fourth-order valence-corrected chi connectivity index (χ4v) is 2.76. The van der Waals surface area contributed by atoms with Crippen LogP contribution in [0.5, 0.6) is 0 Å². The molecule has 1 fully saturated rings. The van der Waals surface area contributed by atoms with E-state index in [1.165, 1.54) is 0 Å². The summed E-state index contributed by atoms with van der Waals surface area (Å²) in [4.78, 5) is 13.7. The number of nitrogens with zero attached hydrogens (tertiary/aromatic N) is 4. The lowest BCUT2D eigenvalue weighted by atomic mass is 10.3. The lowest BCUT2D eigenvalue weighted by molar-refractivity contribution is 0.270. The highest BCUT2D eigenvalue weighted by molar-refractivity contribution is 6.30. The van der Waals surface area contributed by atoms with Crippen molar-refractivity contribution in [1.29, 1.82) is 0 Å².